The molecule has 2 nitrogen and oxygen atoms in total. The van der Waals surface area contributed by atoms with Crippen LogP contribution in [0.2, 0.25) is 0 Å². The molecule has 14 heavy (non-hydrogen) atoms. The Morgan fingerprint density at radius 1 is 1.14 bits per heavy atom. The molecule has 0 rings (SSSR count). The summed E-state index contributed by atoms with van der Waals surface area (Å²) >= 11 is 3.46. The summed E-state index contributed by atoms with van der Waals surface area (Å²) in [4.78, 5) is 2.34. The highest BCUT2D eigenvalue weighted by Crippen LogP contribution is 2.11. The quantitative estimate of drug-likeness (QED) is 0.682. The smallest absolute Gasteiger partial charge is 0.0558 e. The highest BCUT2D eigenvalue weighted by Gasteiger charge is 2.10. The molecule has 3 heteroatoms. The molecule has 0 heterocycles. The molecule has 0 aromatic carbocycles. The maximum absolute atomic E-state index is 8.90. The monoisotopic (exact) mass is 265 g/mol. The second kappa shape index (κ2) is 8.69. The molecule has 0 aliphatic carbocycles. The van der Waals surface area contributed by atoms with Gasteiger partial charge in [0, 0.05) is 17.9 Å². The van der Waals surface area contributed by atoms with E-state index in [9.17, 15) is 0 Å². The Hall–Kier alpha value is 0.400. The van der Waals surface area contributed by atoms with Crippen molar-refractivity contribution in [2.24, 2.45) is 5.92 Å². The minimum absolute atomic E-state index is 0.269. The molecule has 1 unspecified atom stereocenters. The normalized spacial score (nSPS) is 13.9. The first-order valence-electron chi connectivity index (χ1n) is 5.52. The lowest BCUT2D eigenvalue weighted by Crippen LogP contribution is -2.35. The Balaban J connectivity index is 3.69. The molecule has 1 N–H and O–H groups in total. The molecule has 0 fully saturated rings. The topological polar surface area (TPSA) is 23.5 Å². The van der Waals surface area contributed by atoms with Crippen molar-refractivity contribution < 1.29 is 5.11 Å². The van der Waals surface area contributed by atoms with Gasteiger partial charge in [-0.25, -0.2) is 0 Å². The summed E-state index contributed by atoms with van der Waals surface area (Å²) in [7, 11) is 0. The van der Waals surface area contributed by atoms with Crippen LogP contribution in [0.1, 0.15) is 33.6 Å². The number of nitrogens with zero attached hydrogens (tertiary/aromatic N) is 1. The summed E-state index contributed by atoms with van der Waals surface area (Å²) in [6.45, 7) is 8.84. The zero-order valence-electron chi connectivity index (χ0n) is 9.67. The predicted octanol–water partition coefficient (Wildman–Crippen LogP) is 2.50. The van der Waals surface area contributed by atoms with Gasteiger partial charge in [0.25, 0.3) is 0 Å². The van der Waals surface area contributed by atoms with Crippen molar-refractivity contribution in [3.8, 4) is 0 Å². The van der Waals surface area contributed by atoms with E-state index < -0.39 is 0 Å². The fraction of sp³-hybridized carbons (Fsp3) is 1.00. The minimum Gasteiger partial charge on any atom is -0.395 e. The number of hydrogen-bond acceptors (Lipinski definition) is 2. The van der Waals surface area contributed by atoms with Crippen LogP contribution in [0.15, 0.2) is 0 Å². The molecule has 0 aromatic heterocycles. The zero-order chi connectivity index (χ0) is 11.0. The Labute approximate surface area is 96.8 Å². The lowest BCUT2D eigenvalue weighted by molar-refractivity contribution is 0.158. The van der Waals surface area contributed by atoms with Crippen LogP contribution in [0.3, 0.4) is 0 Å². The molecule has 0 saturated heterocycles. The van der Waals surface area contributed by atoms with Crippen LogP contribution in [0, 0.1) is 5.92 Å². The first kappa shape index (κ1) is 14.4. The van der Waals surface area contributed by atoms with Crippen molar-refractivity contribution in [2.45, 2.75) is 39.7 Å². The van der Waals surface area contributed by atoms with Crippen LogP contribution in [0.4, 0.5) is 0 Å². The Bertz CT molecular complexity index is 130. The van der Waals surface area contributed by atoms with Gasteiger partial charge in [0.1, 0.15) is 0 Å². The van der Waals surface area contributed by atoms with Crippen LogP contribution in [0.25, 0.3) is 0 Å². The number of hydrogen-bond donors (Lipinski definition) is 1. The fourth-order valence-electron chi connectivity index (χ4n) is 1.47. The Kier molecular flexibility index (Phi) is 8.94. The zero-order valence-corrected chi connectivity index (χ0v) is 11.3. The van der Waals surface area contributed by atoms with E-state index in [1.54, 1.807) is 0 Å². The van der Waals surface area contributed by atoms with Crippen LogP contribution < -0.4 is 0 Å². The Morgan fingerprint density at radius 2 is 1.79 bits per heavy atom. The van der Waals surface area contributed by atoms with E-state index in [0.717, 1.165) is 24.3 Å². The fourth-order valence-corrected chi connectivity index (χ4v) is 2.26. The highest BCUT2D eigenvalue weighted by atomic mass is 79.9. The lowest BCUT2D eigenvalue weighted by Gasteiger charge is -2.26. The first-order chi connectivity index (χ1) is 6.61. The van der Waals surface area contributed by atoms with Gasteiger partial charge in [0.15, 0.2) is 0 Å². The Morgan fingerprint density at radius 3 is 2.21 bits per heavy atom. The third-order valence-electron chi connectivity index (χ3n) is 2.63. The average molecular weight is 266 g/mol. The van der Waals surface area contributed by atoms with Gasteiger partial charge in [-0.15, -0.1) is 0 Å². The number of aliphatic hydroxyl groups excluding tert-OH is 1. The van der Waals surface area contributed by atoms with Crippen LogP contribution in [-0.2, 0) is 0 Å². The molecule has 0 aliphatic rings. The van der Waals surface area contributed by atoms with Gasteiger partial charge in [-0.05, 0) is 39.2 Å². The average Bonchev–Trinajstić information content (AvgIpc) is 2.12. The second-order valence-electron chi connectivity index (χ2n) is 4.22. The van der Waals surface area contributed by atoms with Gasteiger partial charge in [0.05, 0.1) is 6.61 Å². The summed E-state index contributed by atoms with van der Waals surface area (Å²) in [6.07, 6.45) is 2.47. The largest absolute Gasteiger partial charge is 0.395 e. The molecule has 86 valence electrons. The predicted molar refractivity (Wildman–Crippen MR) is 66.0 cm³/mol. The molecule has 0 aliphatic heterocycles. The molecule has 0 aromatic rings. The van der Waals surface area contributed by atoms with Crippen LogP contribution in [0.5, 0.6) is 0 Å². The van der Waals surface area contributed by atoms with Gasteiger partial charge < -0.3 is 5.11 Å². The van der Waals surface area contributed by atoms with E-state index in [4.69, 9.17) is 5.11 Å². The van der Waals surface area contributed by atoms with Crippen molar-refractivity contribution in [3.63, 3.8) is 0 Å². The van der Waals surface area contributed by atoms with Crippen LogP contribution in [-0.4, -0.2) is 41.1 Å². The minimum atomic E-state index is 0.269. The summed E-state index contributed by atoms with van der Waals surface area (Å²) in [5.74, 6) is 0.773. The molecule has 0 amide bonds. The van der Waals surface area contributed by atoms with Crippen molar-refractivity contribution in [1.82, 2.24) is 4.90 Å². The number of alkyl halides is 1. The molecular weight excluding hydrogens is 242 g/mol. The van der Waals surface area contributed by atoms with Gasteiger partial charge in [-0.3, -0.25) is 4.90 Å². The molecule has 0 saturated carbocycles. The van der Waals surface area contributed by atoms with Crippen molar-refractivity contribution in [2.75, 3.05) is 25.0 Å². The second-order valence-corrected chi connectivity index (χ2v) is 5.02. The lowest BCUT2D eigenvalue weighted by atomic mass is 10.0. The van der Waals surface area contributed by atoms with E-state index in [0.29, 0.717) is 6.04 Å². The van der Waals surface area contributed by atoms with E-state index in [1.165, 1.54) is 12.8 Å². The van der Waals surface area contributed by atoms with Gasteiger partial charge in [-0.2, -0.15) is 0 Å². The van der Waals surface area contributed by atoms with Gasteiger partial charge in [0.2, 0.25) is 0 Å². The highest BCUT2D eigenvalue weighted by molar-refractivity contribution is 9.09. The third-order valence-corrected chi connectivity index (χ3v) is 3.09. The van der Waals surface area contributed by atoms with Crippen molar-refractivity contribution in [3.05, 3.63) is 0 Å². The number of rotatable bonds is 8. The SMILES string of the molecule is CC(CCBr)CCN(CCO)C(C)C. The molecule has 0 bridgehead atoms. The van der Waals surface area contributed by atoms with Crippen LogP contribution >= 0.6 is 15.9 Å². The van der Waals surface area contributed by atoms with Gasteiger partial charge in [-0.1, -0.05) is 22.9 Å². The van der Waals surface area contributed by atoms with Gasteiger partial charge >= 0.3 is 0 Å². The maximum atomic E-state index is 8.90. The number of halogens is 1. The van der Waals surface area contributed by atoms with E-state index in [2.05, 4.69) is 41.6 Å². The third kappa shape index (κ3) is 6.80. The standard InChI is InChI=1S/C11H24BrNO/c1-10(2)13(8-9-14)7-5-11(3)4-6-12/h10-11,14H,4-9H2,1-3H3. The molecular formula is C11H24BrNO. The maximum Gasteiger partial charge on any atom is 0.0558 e. The summed E-state index contributed by atoms with van der Waals surface area (Å²) in [5, 5.41) is 10.00. The van der Waals surface area contributed by atoms with E-state index in [-0.39, 0.29) is 6.61 Å². The first-order valence-corrected chi connectivity index (χ1v) is 6.64. The summed E-state index contributed by atoms with van der Waals surface area (Å²) < 4.78 is 0. The summed E-state index contributed by atoms with van der Waals surface area (Å²) in [6, 6.07) is 0.540. The molecule has 1 atom stereocenters. The van der Waals surface area contributed by atoms with E-state index >= 15 is 0 Å². The van der Waals surface area contributed by atoms with E-state index in [1.807, 2.05) is 0 Å². The molecule has 0 radical (unpaired) electrons. The summed E-state index contributed by atoms with van der Waals surface area (Å²) in [5.41, 5.74) is 0. The molecule has 0 spiro atoms. The van der Waals surface area contributed by atoms with Crippen molar-refractivity contribution in [1.29, 1.82) is 0 Å². The number of aliphatic hydroxyl groups is 1. The van der Waals surface area contributed by atoms with Crippen molar-refractivity contribution >= 4 is 15.9 Å².